The fourth-order valence-corrected chi connectivity index (χ4v) is 4.18. The molecule has 0 aromatic rings. The molecule has 0 bridgehead atoms. The predicted octanol–water partition coefficient (Wildman–Crippen LogP) is 5.62. The van der Waals surface area contributed by atoms with Gasteiger partial charge in [0.05, 0.1) is 0 Å². The summed E-state index contributed by atoms with van der Waals surface area (Å²) in [5.74, 6) is 1.23. The summed E-state index contributed by atoms with van der Waals surface area (Å²) in [7, 11) is 0. The van der Waals surface area contributed by atoms with Crippen LogP contribution in [0.1, 0.15) is 59.3 Å². The Balaban J connectivity index is 2.33. The Morgan fingerprint density at radius 1 is 1.00 bits per heavy atom. The highest BCUT2D eigenvalue weighted by Gasteiger charge is 2.28. The summed E-state index contributed by atoms with van der Waals surface area (Å²) in [6.45, 7) is 6.89. The van der Waals surface area contributed by atoms with Gasteiger partial charge < -0.3 is 0 Å². The van der Waals surface area contributed by atoms with E-state index >= 15 is 0 Å². The Hall–Kier alpha value is -0.430. The molecule has 1 aliphatic heterocycles. The molecule has 1 heteroatoms. The number of hydrogen-bond acceptors (Lipinski definition) is 1. The summed E-state index contributed by atoms with van der Waals surface area (Å²) in [5, 5.41) is 0. The maximum Gasteiger partial charge on any atom is 0.0235 e. The second kappa shape index (κ2) is 5.95. The predicted molar refractivity (Wildman–Crippen MR) is 79.3 cm³/mol. The topological polar surface area (TPSA) is 0 Å². The minimum atomic E-state index is 1.23. The van der Waals surface area contributed by atoms with Gasteiger partial charge in [0.2, 0.25) is 0 Å². The molecule has 0 nitrogen and oxygen atoms in total. The van der Waals surface area contributed by atoms with Crippen LogP contribution in [0.4, 0.5) is 0 Å². The Kier molecular flexibility index (Phi) is 4.55. The zero-order valence-electron chi connectivity index (χ0n) is 11.4. The van der Waals surface area contributed by atoms with Crippen molar-refractivity contribution in [3.63, 3.8) is 0 Å². The first kappa shape index (κ1) is 13.0. The van der Waals surface area contributed by atoms with E-state index in [9.17, 15) is 0 Å². The molecule has 2 rings (SSSR count). The number of rotatable bonds is 6. The lowest BCUT2D eigenvalue weighted by atomic mass is 9.96. The van der Waals surface area contributed by atoms with Crippen LogP contribution in [0.15, 0.2) is 33.3 Å². The Morgan fingerprint density at radius 3 is 2.35 bits per heavy atom. The fraction of sp³-hybridized carbons (Fsp3) is 0.625. The Bertz CT molecular complexity index is 382. The molecule has 1 heterocycles. The molecular formula is C16H24S. The summed E-state index contributed by atoms with van der Waals surface area (Å²) in [6.07, 6.45) is 10.2. The van der Waals surface area contributed by atoms with Crippen LogP contribution in [0, 0.1) is 0 Å². The molecule has 2 aliphatic rings. The molecule has 0 radical (unpaired) electrons. The van der Waals surface area contributed by atoms with Crippen LogP contribution in [0.2, 0.25) is 0 Å². The highest BCUT2D eigenvalue weighted by atomic mass is 32.2. The van der Waals surface area contributed by atoms with Crippen molar-refractivity contribution in [2.24, 2.45) is 0 Å². The molecule has 0 saturated carbocycles. The SMILES string of the molecule is CCCC1=C(CCC)C2=C(CCC)SCC2=C1. The lowest BCUT2D eigenvalue weighted by molar-refractivity contribution is 0.866. The second-order valence-electron chi connectivity index (χ2n) is 5.01. The third-order valence-corrected chi connectivity index (χ3v) is 4.75. The van der Waals surface area contributed by atoms with E-state index in [1.165, 1.54) is 44.3 Å². The maximum atomic E-state index is 2.50. The highest BCUT2D eigenvalue weighted by molar-refractivity contribution is 8.03. The molecule has 0 spiro atoms. The van der Waals surface area contributed by atoms with Gasteiger partial charge >= 0.3 is 0 Å². The van der Waals surface area contributed by atoms with E-state index in [0.29, 0.717) is 0 Å². The lowest BCUT2D eigenvalue weighted by Gasteiger charge is -2.10. The van der Waals surface area contributed by atoms with Crippen molar-refractivity contribution in [2.75, 3.05) is 5.75 Å². The molecule has 1 aliphatic carbocycles. The van der Waals surface area contributed by atoms with E-state index < -0.39 is 0 Å². The van der Waals surface area contributed by atoms with E-state index in [-0.39, 0.29) is 0 Å². The zero-order valence-corrected chi connectivity index (χ0v) is 12.3. The minimum absolute atomic E-state index is 1.23. The van der Waals surface area contributed by atoms with Crippen LogP contribution in [-0.4, -0.2) is 5.75 Å². The molecule has 0 amide bonds. The van der Waals surface area contributed by atoms with Gasteiger partial charge in [-0.15, -0.1) is 11.8 Å². The van der Waals surface area contributed by atoms with Crippen molar-refractivity contribution in [2.45, 2.75) is 59.3 Å². The van der Waals surface area contributed by atoms with Crippen LogP contribution in [0.25, 0.3) is 0 Å². The lowest BCUT2D eigenvalue weighted by Crippen LogP contribution is -1.91. The number of hydrogen-bond donors (Lipinski definition) is 0. The molecule has 0 N–H and O–H groups in total. The van der Waals surface area contributed by atoms with Gasteiger partial charge in [0.1, 0.15) is 0 Å². The van der Waals surface area contributed by atoms with Crippen molar-refractivity contribution >= 4 is 11.8 Å². The van der Waals surface area contributed by atoms with E-state index in [2.05, 4.69) is 38.6 Å². The summed E-state index contributed by atoms with van der Waals surface area (Å²) < 4.78 is 0. The summed E-state index contributed by atoms with van der Waals surface area (Å²) in [4.78, 5) is 1.67. The van der Waals surface area contributed by atoms with Gasteiger partial charge in [-0.05, 0) is 46.5 Å². The standard InChI is InChI=1S/C16H24S/c1-4-7-12-10-13-11-17-15(9-6-3)16(13)14(12)8-5-2/h10H,4-9,11H2,1-3H3. The number of allylic oxidation sites excluding steroid dienone is 5. The van der Waals surface area contributed by atoms with Gasteiger partial charge in [0.15, 0.2) is 0 Å². The van der Waals surface area contributed by atoms with Crippen molar-refractivity contribution < 1.29 is 0 Å². The largest absolute Gasteiger partial charge is 0.125 e. The average Bonchev–Trinajstić information content (AvgIpc) is 2.83. The molecule has 94 valence electrons. The van der Waals surface area contributed by atoms with Gasteiger partial charge in [-0.25, -0.2) is 0 Å². The molecule has 0 saturated heterocycles. The zero-order chi connectivity index (χ0) is 12.3. The van der Waals surface area contributed by atoms with Gasteiger partial charge in [0, 0.05) is 5.75 Å². The number of fused-ring (bicyclic) bond motifs is 1. The smallest absolute Gasteiger partial charge is 0.0235 e. The monoisotopic (exact) mass is 248 g/mol. The quantitative estimate of drug-likeness (QED) is 0.587. The van der Waals surface area contributed by atoms with Crippen LogP contribution in [0.5, 0.6) is 0 Å². The first-order valence-electron chi connectivity index (χ1n) is 7.11. The van der Waals surface area contributed by atoms with Crippen LogP contribution in [0.3, 0.4) is 0 Å². The van der Waals surface area contributed by atoms with Crippen LogP contribution in [-0.2, 0) is 0 Å². The first-order valence-corrected chi connectivity index (χ1v) is 8.09. The minimum Gasteiger partial charge on any atom is -0.125 e. The first-order chi connectivity index (χ1) is 8.31. The van der Waals surface area contributed by atoms with Crippen molar-refractivity contribution in [3.05, 3.63) is 33.3 Å². The Morgan fingerprint density at radius 2 is 1.71 bits per heavy atom. The Labute approximate surface area is 110 Å². The summed E-state index contributed by atoms with van der Waals surface area (Å²) in [6, 6.07) is 0. The summed E-state index contributed by atoms with van der Waals surface area (Å²) >= 11 is 2.09. The average molecular weight is 248 g/mol. The van der Waals surface area contributed by atoms with E-state index in [4.69, 9.17) is 0 Å². The van der Waals surface area contributed by atoms with E-state index in [0.717, 1.165) is 0 Å². The molecule has 0 fully saturated rings. The van der Waals surface area contributed by atoms with Gasteiger partial charge in [0.25, 0.3) is 0 Å². The molecule has 0 atom stereocenters. The van der Waals surface area contributed by atoms with Crippen LogP contribution < -0.4 is 0 Å². The van der Waals surface area contributed by atoms with E-state index in [1.807, 2.05) is 0 Å². The normalized spacial score (nSPS) is 19.1. The third kappa shape index (κ3) is 2.54. The molecule has 17 heavy (non-hydrogen) atoms. The molecule has 0 aromatic heterocycles. The fourth-order valence-electron chi connectivity index (χ4n) is 2.87. The molecule has 0 aromatic carbocycles. The third-order valence-electron chi connectivity index (χ3n) is 3.54. The van der Waals surface area contributed by atoms with Gasteiger partial charge in [-0.3, -0.25) is 0 Å². The molecular weight excluding hydrogens is 224 g/mol. The van der Waals surface area contributed by atoms with Crippen molar-refractivity contribution in [3.8, 4) is 0 Å². The maximum absolute atomic E-state index is 2.50. The van der Waals surface area contributed by atoms with Gasteiger partial charge in [-0.1, -0.05) is 46.1 Å². The highest BCUT2D eigenvalue weighted by Crippen LogP contribution is 2.48. The number of thioether (sulfide) groups is 1. The van der Waals surface area contributed by atoms with E-state index in [1.54, 1.807) is 27.2 Å². The molecule has 0 unspecified atom stereocenters. The van der Waals surface area contributed by atoms with Crippen molar-refractivity contribution in [1.82, 2.24) is 0 Å². The van der Waals surface area contributed by atoms with Crippen LogP contribution >= 0.6 is 11.8 Å². The van der Waals surface area contributed by atoms with Crippen molar-refractivity contribution in [1.29, 1.82) is 0 Å². The van der Waals surface area contributed by atoms with Gasteiger partial charge in [-0.2, -0.15) is 0 Å². The second-order valence-corrected chi connectivity index (χ2v) is 6.08. The summed E-state index contributed by atoms with van der Waals surface area (Å²) in [5.41, 5.74) is 6.64.